The van der Waals surface area contributed by atoms with Gasteiger partial charge in [0.05, 0.1) is 0 Å². The lowest BCUT2D eigenvalue weighted by Crippen LogP contribution is -2.35. The molecule has 1 aromatic carbocycles. The molecule has 0 amide bonds. The largest absolute Gasteiger partial charge is 0.486 e. The summed E-state index contributed by atoms with van der Waals surface area (Å²) < 4.78 is 12.3. The van der Waals surface area contributed by atoms with Crippen LogP contribution in [0.2, 0.25) is 0 Å². The first-order valence-corrected chi connectivity index (χ1v) is 8.34. The average Bonchev–Trinajstić information content (AvgIpc) is 2.64. The maximum atomic E-state index is 12.1. The molecule has 0 aliphatic carbocycles. The van der Waals surface area contributed by atoms with Gasteiger partial charge in [-0.3, -0.25) is 14.3 Å². The third-order valence-electron chi connectivity index (χ3n) is 4.70. The number of hydrogen-bond donors (Lipinski definition) is 1. The molecule has 1 aliphatic rings. The van der Waals surface area contributed by atoms with E-state index in [-0.39, 0.29) is 11.6 Å². The van der Waals surface area contributed by atoms with Crippen LogP contribution in [-0.4, -0.2) is 41.3 Å². The molecule has 3 rings (SSSR count). The van der Waals surface area contributed by atoms with Crippen molar-refractivity contribution in [2.24, 2.45) is 7.05 Å². The third-order valence-corrected chi connectivity index (χ3v) is 4.70. The summed E-state index contributed by atoms with van der Waals surface area (Å²) in [6.45, 7) is 3.94. The van der Waals surface area contributed by atoms with E-state index in [9.17, 15) is 9.59 Å². The fourth-order valence-corrected chi connectivity index (χ4v) is 2.86. The van der Waals surface area contributed by atoms with Gasteiger partial charge in [0, 0.05) is 31.4 Å². The monoisotopic (exact) mass is 345 g/mol. The number of aromatic nitrogens is 2. The summed E-state index contributed by atoms with van der Waals surface area (Å²) >= 11 is 0. The van der Waals surface area contributed by atoms with Crippen LogP contribution in [0, 0.1) is 0 Å². The minimum atomic E-state index is -0.397. The molecule has 0 saturated carbocycles. The molecule has 1 N–H and O–H groups in total. The van der Waals surface area contributed by atoms with Crippen molar-refractivity contribution in [3.63, 3.8) is 0 Å². The van der Waals surface area contributed by atoms with Gasteiger partial charge in [0.1, 0.15) is 13.2 Å². The summed E-state index contributed by atoms with van der Waals surface area (Å²) in [5, 5.41) is 0. The number of hydrogen-bond acceptors (Lipinski definition) is 5. The van der Waals surface area contributed by atoms with Gasteiger partial charge < -0.3 is 14.5 Å². The van der Waals surface area contributed by atoms with Gasteiger partial charge in [0.2, 0.25) is 0 Å². The van der Waals surface area contributed by atoms with Gasteiger partial charge >= 0.3 is 5.69 Å². The summed E-state index contributed by atoms with van der Waals surface area (Å²) in [5.41, 5.74) is 1.08. The zero-order chi connectivity index (χ0) is 18.0. The van der Waals surface area contributed by atoms with Gasteiger partial charge in [-0.1, -0.05) is 6.07 Å². The predicted octanol–water partition coefficient (Wildman–Crippen LogP) is 1.08. The predicted molar refractivity (Wildman–Crippen MR) is 94.5 cm³/mol. The fraction of sp³-hybridized carbons (Fsp3) is 0.444. The number of benzene rings is 1. The molecule has 7 heteroatoms. The lowest BCUT2D eigenvalue weighted by atomic mass is 10.1. The Labute approximate surface area is 145 Å². The Morgan fingerprint density at radius 2 is 1.96 bits per heavy atom. The first-order chi connectivity index (χ1) is 12.0. The van der Waals surface area contributed by atoms with Crippen LogP contribution in [0.5, 0.6) is 11.5 Å². The number of ether oxygens (including phenoxy) is 2. The summed E-state index contributed by atoms with van der Waals surface area (Å²) in [4.78, 5) is 28.3. The van der Waals surface area contributed by atoms with Crippen LogP contribution >= 0.6 is 0 Å². The van der Waals surface area contributed by atoms with Crippen LogP contribution in [0.1, 0.15) is 24.1 Å². The Morgan fingerprint density at radius 3 is 2.72 bits per heavy atom. The van der Waals surface area contributed by atoms with E-state index in [1.165, 1.54) is 13.2 Å². The molecule has 7 nitrogen and oxygen atoms in total. The number of rotatable bonds is 5. The molecule has 1 atom stereocenters. The third kappa shape index (κ3) is 3.61. The average molecular weight is 345 g/mol. The first-order valence-electron chi connectivity index (χ1n) is 8.34. The summed E-state index contributed by atoms with van der Waals surface area (Å²) in [6.07, 6.45) is 2.07. The highest BCUT2D eigenvalue weighted by atomic mass is 16.6. The van der Waals surface area contributed by atoms with Crippen LogP contribution in [0.15, 0.2) is 34.0 Å². The fourth-order valence-electron chi connectivity index (χ4n) is 2.86. The molecule has 25 heavy (non-hydrogen) atoms. The Bertz CT molecular complexity index is 871. The standard InChI is InChI=1S/C18H23N3O4/c1-12(13-4-5-15-16(10-13)25-9-8-24-15)20(2)7-6-14-11-19-18(23)21(3)17(14)22/h4-5,10-12H,6-9H2,1-3H3,(H,19,23)/t12-/m0/s1. The number of likely N-dealkylation sites (N-methyl/N-ethyl adjacent to an activating group) is 1. The normalized spacial score (nSPS) is 14.6. The van der Waals surface area contributed by atoms with Crippen molar-refractivity contribution in [2.45, 2.75) is 19.4 Å². The smallest absolute Gasteiger partial charge is 0.328 e. The molecule has 0 fully saturated rings. The second-order valence-electron chi connectivity index (χ2n) is 6.29. The van der Waals surface area contributed by atoms with Crippen molar-refractivity contribution in [1.29, 1.82) is 0 Å². The molecule has 2 aromatic rings. The van der Waals surface area contributed by atoms with Gasteiger partial charge in [0.25, 0.3) is 5.56 Å². The summed E-state index contributed by atoms with van der Waals surface area (Å²) in [6, 6.07) is 6.14. The van der Waals surface area contributed by atoms with Crippen molar-refractivity contribution in [2.75, 3.05) is 26.8 Å². The zero-order valence-corrected chi connectivity index (χ0v) is 14.7. The van der Waals surface area contributed by atoms with Crippen molar-refractivity contribution in [3.05, 3.63) is 56.4 Å². The lowest BCUT2D eigenvalue weighted by Gasteiger charge is -2.26. The van der Waals surface area contributed by atoms with Gasteiger partial charge in [-0.25, -0.2) is 4.79 Å². The van der Waals surface area contributed by atoms with Crippen LogP contribution in [0.3, 0.4) is 0 Å². The highest BCUT2D eigenvalue weighted by Crippen LogP contribution is 2.33. The molecule has 0 bridgehead atoms. The van der Waals surface area contributed by atoms with E-state index in [1.54, 1.807) is 0 Å². The SMILES string of the molecule is C[C@@H](c1ccc2c(c1)OCCO2)N(C)CCc1c[nH]c(=O)n(C)c1=O. The molecular formula is C18H23N3O4. The first kappa shape index (κ1) is 17.3. The molecule has 0 radical (unpaired) electrons. The molecule has 134 valence electrons. The van der Waals surface area contributed by atoms with Crippen molar-refractivity contribution in [1.82, 2.24) is 14.5 Å². The number of aromatic amines is 1. The minimum absolute atomic E-state index is 0.155. The molecule has 0 unspecified atom stereocenters. The molecule has 1 aromatic heterocycles. The van der Waals surface area contributed by atoms with E-state index < -0.39 is 5.69 Å². The highest BCUT2D eigenvalue weighted by Gasteiger charge is 2.17. The number of fused-ring (bicyclic) bond motifs is 1. The van der Waals surface area contributed by atoms with E-state index in [0.29, 0.717) is 31.7 Å². The van der Waals surface area contributed by atoms with E-state index in [2.05, 4.69) is 16.8 Å². The van der Waals surface area contributed by atoms with Gasteiger partial charge in [0.15, 0.2) is 11.5 Å². The Balaban J connectivity index is 1.69. The quantitative estimate of drug-likeness (QED) is 0.878. The second-order valence-corrected chi connectivity index (χ2v) is 6.29. The summed E-state index contributed by atoms with van der Waals surface area (Å²) in [7, 11) is 3.49. The van der Waals surface area contributed by atoms with Crippen molar-refractivity contribution in [3.8, 4) is 11.5 Å². The minimum Gasteiger partial charge on any atom is -0.486 e. The van der Waals surface area contributed by atoms with Crippen LogP contribution in [-0.2, 0) is 13.5 Å². The number of nitrogens with zero attached hydrogens (tertiary/aromatic N) is 2. The van der Waals surface area contributed by atoms with Gasteiger partial charge in [-0.15, -0.1) is 0 Å². The van der Waals surface area contributed by atoms with E-state index in [0.717, 1.165) is 21.6 Å². The Kier molecular flexibility index (Phi) is 4.94. The highest BCUT2D eigenvalue weighted by molar-refractivity contribution is 5.44. The number of H-pyrrole nitrogens is 1. The Morgan fingerprint density at radius 1 is 1.24 bits per heavy atom. The lowest BCUT2D eigenvalue weighted by molar-refractivity contribution is 0.170. The number of nitrogens with one attached hydrogen (secondary N) is 1. The van der Waals surface area contributed by atoms with Gasteiger partial charge in [-0.05, 0) is 38.1 Å². The van der Waals surface area contributed by atoms with Crippen LogP contribution in [0.25, 0.3) is 0 Å². The van der Waals surface area contributed by atoms with Crippen molar-refractivity contribution >= 4 is 0 Å². The van der Waals surface area contributed by atoms with Crippen molar-refractivity contribution < 1.29 is 9.47 Å². The van der Waals surface area contributed by atoms with Crippen LogP contribution in [0.4, 0.5) is 0 Å². The topological polar surface area (TPSA) is 76.6 Å². The zero-order valence-electron chi connectivity index (χ0n) is 14.7. The maximum absolute atomic E-state index is 12.1. The van der Waals surface area contributed by atoms with Crippen LogP contribution < -0.4 is 20.7 Å². The maximum Gasteiger partial charge on any atom is 0.328 e. The van der Waals surface area contributed by atoms with E-state index in [4.69, 9.17) is 9.47 Å². The van der Waals surface area contributed by atoms with E-state index in [1.807, 2.05) is 25.2 Å². The molecule has 1 aliphatic heterocycles. The molecule has 0 saturated heterocycles. The Hall–Kier alpha value is -2.54. The second kappa shape index (κ2) is 7.14. The summed E-state index contributed by atoms with van der Waals surface area (Å²) in [5.74, 6) is 1.56. The van der Waals surface area contributed by atoms with Gasteiger partial charge in [-0.2, -0.15) is 0 Å². The van der Waals surface area contributed by atoms with E-state index >= 15 is 0 Å². The molecule has 2 heterocycles. The molecule has 0 spiro atoms. The molecular weight excluding hydrogens is 322 g/mol.